The van der Waals surface area contributed by atoms with Gasteiger partial charge in [0.2, 0.25) is 5.91 Å². The molecule has 1 aromatic carbocycles. The number of hydrogen-bond donors (Lipinski definition) is 1. The second kappa shape index (κ2) is 8.10. The number of rotatable bonds is 3. The minimum atomic E-state index is -0.372. The molecule has 5 nitrogen and oxygen atoms in total. The molecule has 0 unspecified atom stereocenters. The lowest BCUT2D eigenvalue weighted by Crippen LogP contribution is -2.52. The minimum Gasteiger partial charge on any atom is -0.338 e. The number of carbonyl (C=O) groups excluding carboxylic acids is 2. The van der Waals surface area contributed by atoms with Crippen molar-refractivity contribution in [2.75, 3.05) is 39.8 Å². The van der Waals surface area contributed by atoms with E-state index in [0.29, 0.717) is 43.9 Å². The van der Waals surface area contributed by atoms with Crippen LogP contribution < -0.4 is 5.32 Å². The number of hydrogen-bond acceptors (Lipinski definition) is 3. The van der Waals surface area contributed by atoms with Crippen molar-refractivity contribution in [3.8, 4) is 0 Å². The standard InChI is InChI=1S/C15H20FN3O2.ClH/c1-11-3-4-12(9-13(11)16)15(21)19-7-5-18(6-8-19)14(20)10-17-2;/h3-4,9,17H,5-8,10H2,1-2H3;1H. The molecule has 22 heavy (non-hydrogen) atoms. The summed E-state index contributed by atoms with van der Waals surface area (Å²) in [6.45, 7) is 3.95. The summed E-state index contributed by atoms with van der Waals surface area (Å²) in [4.78, 5) is 27.4. The molecule has 122 valence electrons. The zero-order chi connectivity index (χ0) is 15.4. The van der Waals surface area contributed by atoms with Crippen LogP contribution in [0.25, 0.3) is 0 Å². The zero-order valence-corrected chi connectivity index (χ0v) is 13.6. The van der Waals surface area contributed by atoms with Gasteiger partial charge in [0.1, 0.15) is 5.82 Å². The van der Waals surface area contributed by atoms with Gasteiger partial charge in [-0.2, -0.15) is 0 Å². The molecule has 1 aromatic rings. The topological polar surface area (TPSA) is 52.7 Å². The van der Waals surface area contributed by atoms with Crippen molar-refractivity contribution >= 4 is 24.2 Å². The Labute approximate surface area is 135 Å². The molecule has 1 N–H and O–H groups in total. The number of piperazine rings is 1. The molecule has 7 heteroatoms. The molecular weight excluding hydrogens is 309 g/mol. The molecular formula is C15H21ClFN3O2. The van der Waals surface area contributed by atoms with E-state index in [4.69, 9.17) is 0 Å². The summed E-state index contributed by atoms with van der Waals surface area (Å²) in [7, 11) is 1.73. The molecule has 0 bridgehead atoms. The fourth-order valence-corrected chi connectivity index (χ4v) is 2.33. The first-order valence-corrected chi connectivity index (χ1v) is 7.00. The highest BCUT2D eigenvalue weighted by molar-refractivity contribution is 5.94. The van der Waals surface area contributed by atoms with Crippen LogP contribution in [0.4, 0.5) is 4.39 Å². The normalized spacial score (nSPS) is 14.5. The number of nitrogens with one attached hydrogen (secondary N) is 1. The van der Waals surface area contributed by atoms with Gasteiger partial charge in [-0.3, -0.25) is 9.59 Å². The fraction of sp³-hybridized carbons (Fsp3) is 0.467. The number of carbonyl (C=O) groups is 2. The van der Waals surface area contributed by atoms with E-state index in [1.54, 1.807) is 35.9 Å². The first-order chi connectivity index (χ1) is 10.0. The van der Waals surface area contributed by atoms with Gasteiger partial charge in [-0.25, -0.2) is 4.39 Å². The van der Waals surface area contributed by atoms with Gasteiger partial charge >= 0.3 is 0 Å². The zero-order valence-electron chi connectivity index (χ0n) is 12.8. The third-order valence-corrected chi connectivity index (χ3v) is 3.67. The van der Waals surface area contributed by atoms with Crippen LogP contribution in [0.3, 0.4) is 0 Å². The number of aryl methyl sites for hydroxylation is 1. The van der Waals surface area contributed by atoms with E-state index in [1.165, 1.54) is 6.07 Å². The maximum Gasteiger partial charge on any atom is 0.254 e. The van der Waals surface area contributed by atoms with Gasteiger partial charge in [0.25, 0.3) is 5.91 Å². The van der Waals surface area contributed by atoms with Crippen LogP contribution >= 0.6 is 12.4 Å². The Hall–Kier alpha value is -1.66. The number of amides is 2. The fourth-order valence-electron chi connectivity index (χ4n) is 2.33. The Morgan fingerprint density at radius 3 is 2.32 bits per heavy atom. The molecule has 1 fully saturated rings. The summed E-state index contributed by atoms with van der Waals surface area (Å²) in [5.74, 6) is -0.524. The lowest BCUT2D eigenvalue weighted by Gasteiger charge is -2.34. The molecule has 0 aliphatic carbocycles. The Bertz CT molecular complexity index is 546. The van der Waals surface area contributed by atoms with Crippen molar-refractivity contribution in [2.24, 2.45) is 0 Å². The smallest absolute Gasteiger partial charge is 0.254 e. The molecule has 1 aliphatic rings. The molecule has 1 aliphatic heterocycles. The van der Waals surface area contributed by atoms with Crippen molar-refractivity contribution < 1.29 is 14.0 Å². The molecule has 0 radical (unpaired) electrons. The summed E-state index contributed by atoms with van der Waals surface area (Å²) in [5, 5.41) is 2.82. The molecule has 0 saturated carbocycles. The molecule has 2 amide bonds. The highest BCUT2D eigenvalue weighted by Gasteiger charge is 2.24. The van der Waals surface area contributed by atoms with Crippen LogP contribution in [0.1, 0.15) is 15.9 Å². The van der Waals surface area contributed by atoms with Gasteiger partial charge < -0.3 is 15.1 Å². The quantitative estimate of drug-likeness (QED) is 0.902. The molecule has 1 saturated heterocycles. The lowest BCUT2D eigenvalue weighted by atomic mass is 10.1. The van der Waals surface area contributed by atoms with E-state index in [9.17, 15) is 14.0 Å². The van der Waals surface area contributed by atoms with Crippen molar-refractivity contribution in [1.82, 2.24) is 15.1 Å². The number of nitrogens with zero attached hydrogens (tertiary/aromatic N) is 2. The lowest BCUT2D eigenvalue weighted by molar-refractivity contribution is -0.131. The Balaban J connectivity index is 0.00000242. The maximum atomic E-state index is 13.5. The van der Waals surface area contributed by atoms with Crippen molar-refractivity contribution in [2.45, 2.75) is 6.92 Å². The first kappa shape index (κ1) is 18.4. The summed E-state index contributed by atoms with van der Waals surface area (Å²) in [6, 6.07) is 4.52. The third-order valence-electron chi connectivity index (χ3n) is 3.67. The average Bonchev–Trinajstić information content (AvgIpc) is 2.50. The molecule has 2 rings (SSSR count). The van der Waals surface area contributed by atoms with Gasteiger partial charge in [0.05, 0.1) is 6.54 Å². The monoisotopic (exact) mass is 329 g/mol. The van der Waals surface area contributed by atoms with E-state index in [0.717, 1.165) is 0 Å². The van der Waals surface area contributed by atoms with Crippen LogP contribution in [-0.4, -0.2) is 61.4 Å². The highest BCUT2D eigenvalue weighted by Crippen LogP contribution is 2.13. The Morgan fingerprint density at radius 2 is 1.77 bits per heavy atom. The first-order valence-electron chi connectivity index (χ1n) is 7.00. The van der Waals surface area contributed by atoms with Crippen molar-refractivity contribution in [1.29, 1.82) is 0 Å². The predicted octanol–water partition coefficient (Wildman–Crippen LogP) is 1.06. The third kappa shape index (κ3) is 4.18. The summed E-state index contributed by atoms with van der Waals surface area (Å²) >= 11 is 0. The van der Waals surface area contributed by atoms with E-state index >= 15 is 0 Å². The van der Waals surface area contributed by atoms with Crippen molar-refractivity contribution in [3.63, 3.8) is 0 Å². The number of benzene rings is 1. The minimum absolute atomic E-state index is 0. The van der Waals surface area contributed by atoms with Crippen LogP contribution in [0.5, 0.6) is 0 Å². The molecule has 0 atom stereocenters. The molecule has 0 aromatic heterocycles. The van der Waals surface area contributed by atoms with Gasteiger partial charge in [0.15, 0.2) is 0 Å². The summed E-state index contributed by atoms with van der Waals surface area (Å²) < 4.78 is 13.5. The largest absolute Gasteiger partial charge is 0.338 e. The van der Waals surface area contributed by atoms with Gasteiger partial charge in [-0.1, -0.05) is 6.07 Å². The van der Waals surface area contributed by atoms with Crippen LogP contribution in [-0.2, 0) is 4.79 Å². The highest BCUT2D eigenvalue weighted by atomic mass is 35.5. The maximum absolute atomic E-state index is 13.5. The van der Waals surface area contributed by atoms with E-state index in [1.807, 2.05) is 0 Å². The second-order valence-corrected chi connectivity index (χ2v) is 5.17. The van der Waals surface area contributed by atoms with Crippen LogP contribution in [0, 0.1) is 12.7 Å². The summed E-state index contributed by atoms with van der Waals surface area (Å²) in [6.07, 6.45) is 0. The second-order valence-electron chi connectivity index (χ2n) is 5.17. The van der Waals surface area contributed by atoms with Gasteiger partial charge in [0, 0.05) is 31.7 Å². The predicted molar refractivity (Wildman–Crippen MR) is 84.8 cm³/mol. The Morgan fingerprint density at radius 1 is 1.18 bits per heavy atom. The van der Waals surface area contributed by atoms with Crippen LogP contribution in [0.2, 0.25) is 0 Å². The van der Waals surface area contributed by atoms with Crippen LogP contribution in [0.15, 0.2) is 18.2 Å². The van der Waals surface area contributed by atoms with Gasteiger partial charge in [-0.15, -0.1) is 12.4 Å². The van der Waals surface area contributed by atoms with Gasteiger partial charge in [-0.05, 0) is 31.7 Å². The Kier molecular flexibility index (Phi) is 6.77. The average molecular weight is 330 g/mol. The summed E-state index contributed by atoms with van der Waals surface area (Å²) in [5.41, 5.74) is 0.877. The number of likely N-dealkylation sites (N-methyl/N-ethyl adjacent to an activating group) is 1. The van der Waals surface area contributed by atoms with E-state index in [2.05, 4.69) is 5.32 Å². The molecule has 1 heterocycles. The molecule has 0 spiro atoms. The van der Waals surface area contributed by atoms with E-state index in [-0.39, 0.29) is 30.0 Å². The van der Waals surface area contributed by atoms with E-state index < -0.39 is 0 Å². The van der Waals surface area contributed by atoms with Crippen molar-refractivity contribution in [3.05, 3.63) is 35.1 Å². The number of halogens is 2. The SMILES string of the molecule is CNCC(=O)N1CCN(C(=O)c2ccc(C)c(F)c2)CC1.Cl.